The van der Waals surface area contributed by atoms with Crippen LogP contribution in [0.3, 0.4) is 0 Å². The molecule has 2 heterocycles. The fourth-order valence-electron chi connectivity index (χ4n) is 2.36. The highest BCUT2D eigenvalue weighted by Gasteiger charge is 2.35. The minimum absolute atomic E-state index is 0.0619. The van der Waals surface area contributed by atoms with Gasteiger partial charge in [0, 0.05) is 26.0 Å². The normalized spacial score (nSPS) is 23.3. The van der Waals surface area contributed by atoms with E-state index in [0.29, 0.717) is 19.4 Å². The highest BCUT2D eigenvalue weighted by atomic mass is 16.5. The van der Waals surface area contributed by atoms with Crippen LogP contribution in [-0.4, -0.2) is 53.3 Å². The first-order valence-corrected chi connectivity index (χ1v) is 6.07. The van der Waals surface area contributed by atoms with Crippen LogP contribution in [0.2, 0.25) is 0 Å². The van der Waals surface area contributed by atoms with E-state index in [9.17, 15) is 9.90 Å². The molecule has 0 bridgehead atoms. The van der Waals surface area contributed by atoms with E-state index in [1.165, 1.54) is 7.11 Å². The third-order valence-corrected chi connectivity index (χ3v) is 3.29. The van der Waals surface area contributed by atoms with Gasteiger partial charge in [-0.3, -0.25) is 9.78 Å². The quantitative estimate of drug-likeness (QED) is 0.831. The predicted octanol–water partition coefficient (Wildman–Crippen LogP) is 0.232. The topological polar surface area (TPSA) is 62.7 Å². The molecule has 1 fully saturated rings. The van der Waals surface area contributed by atoms with Gasteiger partial charge < -0.3 is 14.7 Å². The fourth-order valence-corrected chi connectivity index (χ4v) is 2.36. The maximum absolute atomic E-state index is 11.9. The minimum Gasteiger partial charge on any atom is -0.391 e. The molecule has 0 aliphatic carbocycles. The number of methoxy groups -OCH3 is 1. The number of aliphatic hydroxyl groups is 1. The number of ether oxygens (including phenoxy) is 1. The summed E-state index contributed by atoms with van der Waals surface area (Å²) in [5.74, 6) is -0.0619. The van der Waals surface area contributed by atoms with Gasteiger partial charge in [-0.25, -0.2) is 0 Å². The van der Waals surface area contributed by atoms with E-state index < -0.39 is 6.10 Å². The number of carbonyl (C=O) groups excluding carboxylic acids is 1. The first-order valence-electron chi connectivity index (χ1n) is 6.07. The van der Waals surface area contributed by atoms with Crippen LogP contribution < -0.4 is 0 Å². The lowest BCUT2D eigenvalue weighted by atomic mass is 10.0. The SMILES string of the molecule is COCC(=O)N1CC[C@H](O)[C@@H]1Cc1ccncc1. The number of nitrogens with zero attached hydrogens (tertiary/aromatic N) is 2. The molecular formula is C13H18N2O3. The molecule has 1 amide bonds. The summed E-state index contributed by atoms with van der Waals surface area (Å²) in [5, 5.41) is 9.99. The molecule has 0 spiro atoms. The summed E-state index contributed by atoms with van der Waals surface area (Å²) in [6.45, 7) is 0.665. The highest BCUT2D eigenvalue weighted by Crippen LogP contribution is 2.21. The Balaban J connectivity index is 2.06. The van der Waals surface area contributed by atoms with Gasteiger partial charge in [0.25, 0.3) is 0 Å². The van der Waals surface area contributed by atoms with Gasteiger partial charge in [-0.05, 0) is 30.5 Å². The number of aliphatic hydroxyl groups excluding tert-OH is 1. The standard InChI is InChI=1S/C13H18N2O3/c1-18-9-13(17)15-7-4-12(16)11(15)8-10-2-5-14-6-3-10/h2-3,5-6,11-12,16H,4,7-9H2,1H3/t11-,12-/m0/s1. The van der Waals surface area contributed by atoms with Crippen LogP contribution in [0.25, 0.3) is 0 Å². The van der Waals surface area contributed by atoms with Crippen LogP contribution in [-0.2, 0) is 16.0 Å². The minimum atomic E-state index is -0.459. The van der Waals surface area contributed by atoms with Crippen LogP contribution in [0.1, 0.15) is 12.0 Å². The van der Waals surface area contributed by atoms with Crippen molar-refractivity contribution < 1.29 is 14.6 Å². The van der Waals surface area contributed by atoms with Crippen molar-refractivity contribution in [1.82, 2.24) is 9.88 Å². The van der Waals surface area contributed by atoms with Gasteiger partial charge in [0.05, 0.1) is 12.1 Å². The molecule has 1 aliphatic rings. The van der Waals surface area contributed by atoms with Gasteiger partial charge in [-0.1, -0.05) is 0 Å². The van der Waals surface area contributed by atoms with Crippen molar-refractivity contribution in [3.63, 3.8) is 0 Å². The van der Waals surface area contributed by atoms with Gasteiger partial charge in [0.2, 0.25) is 5.91 Å². The van der Waals surface area contributed by atoms with Crippen LogP contribution in [0.4, 0.5) is 0 Å². The third-order valence-electron chi connectivity index (χ3n) is 3.29. The van der Waals surface area contributed by atoms with Crippen LogP contribution >= 0.6 is 0 Å². The number of aromatic nitrogens is 1. The molecule has 2 atom stereocenters. The first kappa shape index (κ1) is 13.0. The Hall–Kier alpha value is -1.46. The van der Waals surface area contributed by atoms with E-state index in [1.807, 2.05) is 12.1 Å². The number of likely N-dealkylation sites (tertiary alicyclic amines) is 1. The maximum atomic E-state index is 11.9. The zero-order valence-corrected chi connectivity index (χ0v) is 10.5. The Morgan fingerprint density at radius 1 is 1.56 bits per heavy atom. The summed E-state index contributed by atoms with van der Waals surface area (Å²) in [5.41, 5.74) is 1.08. The second kappa shape index (κ2) is 5.93. The van der Waals surface area contributed by atoms with E-state index in [4.69, 9.17) is 4.74 Å². The fraction of sp³-hybridized carbons (Fsp3) is 0.538. The number of amides is 1. The molecule has 0 saturated carbocycles. The average molecular weight is 250 g/mol. The zero-order valence-electron chi connectivity index (χ0n) is 10.5. The zero-order chi connectivity index (χ0) is 13.0. The van der Waals surface area contributed by atoms with Crippen molar-refractivity contribution in [2.24, 2.45) is 0 Å². The smallest absolute Gasteiger partial charge is 0.248 e. The molecule has 1 N–H and O–H groups in total. The summed E-state index contributed by atoms with van der Waals surface area (Å²) in [4.78, 5) is 17.5. The number of rotatable bonds is 4. The van der Waals surface area contributed by atoms with Crippen molar-refractivity contribution >= 4 is 5.91 Å². The van der Waals surface area contributed by atoms with Crippen molar-refractivity contribution in [1.29, 1.82) is 0 Å². The highest BCUT2D eigenvalue weighted by molar-refractivity contribution is 5.78. The molecule has 0 aromatic carbocycles. The van der Waals surface area contributed by atoms with Gasteiger partial charge >= 0.3 is 0 Å². The van der Waals surface area contributed by atoms with Crippen LogP contribution in [0.15, 0.2) is 24.5 Å². The Kier molecular flexibility index (Phi) is 4.28. The van der Waals surface area contributed by atoms with Gasteiger partial charge in [-0.15, -0.1) is 0 Å². The third kappa shape index (κ3) is 2.86. The van der Waals surface area contributed by atoms with E-state index >= 15 is 0 Å². The molecular weight excluding hydrogens is 232 g/mol. The largest absolute Gasteiger partial charge is 0.391 e. The lowest BCUT2D eigenvalue weighted by molar-refractivity contribution is -0.136. The molecule has 1 aliphatic heterocycles. The Bertz CT molecular complexity index is 396. The molecule has 1 aromatic rings. The van der Waals surface area contributed by atoms with Gasteiger partial charge in [-0.2, -0.15) is 0 Å². The van der Waals surface area contributed by atoms with Crippen molar-refractivity contribution in [3.05, 3.63) is 30.1 Å². The van der Waals surface area contributed by atoms with E-state index in [1.54, 1.807) is 17.3 Å². The molecule has 98 valence electrons. The molecule has 5 nitrogen and oxygen atoms in total. The molecule has 2 rings (SSSR count). The molecule has 0 unspecified atom stereocenters. The van der Waals surface area contributed by atoms with Crippen molar-refractivity contribution in [2.75, 3.05) is 20.3 Å². The number of carbonyl (C=O) groups is 1. The summed E-state index contributed by atoms with van der Waals surface area (Å²) in [6, 6.07) is 3.66. The van der Waals surface area contributed by atoms with Crippen molar-refractivity contribution in [2.45, 2.75) is 25.0 Å². The summed E-state index contributed by atoms with van der Waals surface area (Å²) in [7, 11) is 1.50. The molecule has 1 aromatic heterocycles. The average Bonchev–Trinajstić information content (AvgIpc) is 2.73. The molecule has 1 saturated heterocycles. The Labute approximate surface area is 106 Å². The monoisotopic (exact) mass is 250 g/mol. The van der Waals surface area contributed by atoms with Crippen molar-refractivity contribution in [3.8, 4) is 0 Å². The summed E-state index contributed by atoms with van der Waals surface area (Å²) < 4.78 is 4.87. The van der Waals surface area contributed by atoms with E-state index in [0.717, 1.165) is 5.56 Å². The van der Waals surface area contributed by atoms with Gasteiger partial charge in [0.15, 0.2) is 0 Å². The Morgan fingerprint density at radius 2 is 2.28 bits per heavy atom. The maximum Gasteiger partial charge on any atom is 0.248 e. The molecule has 0 radical (unpaired) electrons. The lowest BCUT2D eigenvalue weighted by Crippen LogP contribution is -2.42. The van der Waals surface area contributed by atoms with Crippen LogP contribution in [0.5, 0.6) is 0 Å². The summed E-state index contributed by atoms with van der Waals surface area (Å²) in [6.07, 6.45) is 4.26. The molecule has 5 heteroatoms. The second-order valence-corrected chi connectivity index (χ2v) is 4.50. The number of hydrogen-bond donors (Lipinski definition) is 1. The van der Waals surface area contributed by atoms with Crippen LogP contribution in [0, 0.1) is 0 Å². The molecule has 18 heavy (non-hydrogen) atoms. The first-order chi connectivity index (χ1) is 8.72. The lowest BCUT2D eigenvalue weighted by Gasteiger charge is -2.26. The second-order valence-electron chi connectivity index (χ2n) is 4.50. The van der Waals surface area contributed by atoms with Gasteiger partial charge in [0.1, 0.15) is 6.61 Å². The summed E-state index contributed by atoms with van der Waals surface area (Å²) >= 11 is 0. The number of pyridine rings is 1. The van der Waals surface area contributed by atoms with E-state index in [2.05, 4.69) is 4.98 Å². The number of hydrogen-bond acceptors (Lipinski definition) is 4. The predicted molar refractivity (Wildman–Crippen MR) is 65.9 cm³/mol. The Morgan fingerprint density at radius 3 is 2.94 bits per heavy atom. The van der Waals surface area contributed by atoms with E-state index in [-0.39, 0.29) is 18.6 Å².